The van der Waals surface area contributed by atoms with Crippen LogP contribution >= 0.6 is 11.6 Å². The van der Waals surface area contributed by atoms with Gasteiger partial charge < -0.3 is 14.8 Å². The molecule has 2 heterocycles. The highest BCUT2D eigenvalue weighted by atomic mass is 35.5. The monoisotopic (exact) mass is 428 g/mol. The first-order valence-corrected chi connectivity index (χ1v) is 9.77. The van der Waals surface area contributed by atoms with Crippen LogP contribution in [0.3, 0.4) is 0 Å². The number of benzene rings is 1. The summed E-state index contributed by atoms with van der Waals surface area (Å²) in [4.78, 5) is 31.7. The molecule has 0 saturated carbocycles. The molecule has 0 fully saturated rings. The van der Waals surface area contributed by atoms with E-state index in [1.807, 2.05) is 6.92 Å². The van der Waals surface area contributed by atoms with Crippen molar-refractivity contribution in [3.8, 4) is 11.6 Å². The molecule has 3 rings (SSSR count). The van der Waals surface area contributed by atoms with E-state index < -0.39 is 0 Å². The molecule has 156 valence electrons. The third-order valence-corrected chi connectivity index (χ3v) is 4.33. The summed E-state index contributed by atoms with van der Waals surface area (Å²) >= 11 is 6.08. The summed E-state index contributed by atoms with van der Waals surface area (Å²) < 4.78 is 12.8. The van der Waals surface area contributed by atoms with E-state index in [0.717, 1.165) is 12.8 Å². The van der Waals surface area contributed by atoms with Gasteiger partial charge in [0.15, 0.2) is 12.4 Å². The molecule has 9 heteroatoms. The first-order valence-electron chi connectivity index (χ1n) is 9.39. The van der Waals surface area contributed by atoms with Crippen LogP contribution < -0.4 is 10.1 Å². The van der Waals surface area contributed by atoms with Crippen LogP contribution in [0.15, 0.2) is 49.2 Å². The van der Waals surface area contributed by atoms with Crippen molar-refractivity contribution in [2.45, 2.75) is 32.9 Å². The lowest BCUT2D eigenvalue weighted by atomic mass is 10.3. The summed E-state index contributed by atoms with van der Waals surface area (Å²) in [6.07, 6.45) is 4.97. The minimum Gasteiger partial charge on any atom is -0.444 e. The van der Waals surface area contributed by atoms with Gasteiger partial charge in [-0.2, -0.15) is 9.97 Å². The van der Waals surface area contributed by atoms with Crippen molar-refractivity contribution in [3.05, 3.63) is 54.5 Å². The number of carbonyl (C=O) groups excluding carboxylic acids is 2. The highest BCUT2D eigenvalue weighted by Crippen LogP contribution is 2.30. The van der Waals surface area contributed by atoms with Crippen LogP contribution in [-0.2, 0) is 21.1 Å². The maximum absolute atomic E-state index is 11.8. The number of nitrogens with one attached hydrogen (secondary N) is 1. The normalized spacial score (nSPS) is 10.6. The molecular formula is C21H21ClN4O4. The van der Waals surface area contributed by atoms with Gasteiger partial charge >= 0.3 is 5.97 Å². The second kappa shape index (κ2) is 9.89. The van der Waals surface area contributed by atoms with E-state index in [2.05, 4.69) is 21.9 Å². The average Bonchev–Trinajstić information content (AvgIpc) is 3.13. The summed E-state index contributed by atoms with van der Waals surface area (Å²) in [7, 11) is 0. The van der Waals surface area contributed by atoms with Gasteiger partial charge in [0.05, 0.1) is 5.39 Å². The third-order valence-electron chi connectivity index (χ3n) is 4.16. The summed E-state index contributed by atoms with van der Waals surface area (Å²) in [5.74, 6) is 0.0961. The molecule has 1 aromatic carbocycles. The molecule has 0 aliphatic rings. The van der Waals surface area contributed by atoms with Crippen LogP contribution in [-0.4, -0.2) is 26.4 Å². The molecule has 0 saturated heterocycles. The van der Waals surface area contributed by atoms with Crippen molar-refractivity contribution >= 4 is 40.2 Å². The highest BCUT2D eigenvalue weighted by Gasteiger charge is 2.14. The van der Waals surface area contributed by atoms with Crippen molar-refractivity contribution in [1.82, 2.24) is 14.5 Å². The topological polar surface area (TPSA) is 95.3 Å². The van der Waals surface area contributed by atoms with Gasteiger partial charge in [-0.25, -0.2) is 0 Å². The fourth-order valence-electron chi connectivity index (χ4n) is 2.67. The molecule has 1 amide bonds. The molecule has 2 aromatic heterocycles. The predicted molar refractivity (Wildman–Crippen MR) is 113 cm³/mol. The molecule has 0 unspecified atom stereocenters. The molecule has 30 heavy (non-hydrogen) atoms. The van der Waals surface area contributed by atoms with Crippen LogP contribution in [0.5, 0.6) is 11.6 Å². The zero-order chi connectivity index (χ0) is 21.5. The third kappa shape index (κ3) is 5.36. The molecule has 1 N–H and O–H groups in total. The number of esters is 1. The lowest BCUT2D eigenvalue weighted by Crippen LogP contribution is -2.09. The average molecular weight is 429 g/mol. The molecule has 0 radical (unpaired) electrons. The van der Waals surface area contributed by atoms with Gasteiger partial charge in [-0.1, -0.05) is 26.0 Å². The molecule has 0 bridgehead atoms. The smallest absolute Gasteiger partial charge is 0.307 e. The summed E-state index contributed by atoms with van der Waals surface area (Å²) in [5.41, 5.74) is 1.02. The number of amides is 1. The first-order chi connectivity index (χ1) is 14.5. The van der Waals surface area contributed by atoms with Gasteiger partial charge in [-0.05, 0) is 42.3 Å². The zero-order valence-electron chi connectivity index (χ0n) is 16.4. The molecule has 8 nitrogen and oxygen atoms in total. The lowest BCUT2D eigenvalue weighted by molar-refractivity contribution is -0.147. The van der Waals surface area contributed by atoms with Crippen molar-refractivity contribution < 1.29 is 19.1 Å². The van der Waals surface area contributed by atoms with Gasteiger partial charge in [-0.3, -0.25) is 14.2 Å². The van der Waals surface area contributed by atoms with Crippen molar-refractivity contribution in [2.24, 2.45) is 0 Å². The SMILES string of the molecule is C=CC(=O)Nc1cccc(Oc2nc(Cl)nc3c2ccn3COC(=O)CCCC)c1. The van der Waals surface area contributed by atoms with Crippen LogP contribution in [0.4, 0.5) is 5.69 Å². The Morgan fingerprint density at radius 1 is 1.30 bits per heavy atom. The van der Waals surface area contributed by atoms with Crippen molar-refractivity contribution in [2.75, 3.05) is 5.32 Å². The van der Waals surface area contributed by atoms with E-state index >= 15 is 0 Å². The Bertz CT molecular complexity index is 1080. The lowest BCUT2D eigenvalue weighted by Gasteiger charge is -2.10. The maximum Gasteiger partial charge on any atom is 0.307 e. The quantitative estimate of drug-likeness (QED) is 0.301. The Kier molecular flexibility index (Phi) is 7.03. The molecule has 0 aliphatic carbocycles. The maximum atomic E-state index is 11.8. The number of carbonyl (C=O) groups is 2. The number of fused-ring (bicyclic) bond motifs is 1. The van der Waals surface area contributed by atoms with Crippen molar-refractivity contribution in [3.63, 3.8) is 0 Å². The minimum absolute atomic E-state index is 0.00845. The van der Waals surface area contributed by atoms with Crippen LogP contribution in [0, 0.1) is 0 Å². The van der Waals surface area contributed by atoms with E-state index in [-0.39, 0.29) is 29.8 Å². The Balaban J connectivity index is 1.81. The highest BCUT2D eigenvalue weighted by molar-refractivity contribution is 6.28. The number of ether oxygens (including phenoxy) is 2. The summed E-state index contributed by atoms with van der Waals surface area (Å²) in [5, 5.41) is 3.26. The largest absolute Gasteiger partial charge is 0.444 e. The van der Waals surface area contributed by atoms with Gasteiger partial charge in [0.25, 0.3) is 0 Å². The fraction of sp³-hybridized carbons (Fsp3) is 0.238. The van der Waals surface area contributed by atoms with Gasteiger partial charge in [0.1, 0.15) is 5.75 Å². The molecule has 0 spiro atoms. The number of hydrogen-bond acceptors (Lipinski definition) is 6. The Labute approximate surface area is 178 Å². The van der Waals surface area contributed by atoms with Gasteiger partial charge in [-0.15, -0.1) is 0 Å². The minimum atomic E-state index is -0.329. The van der Waals surface area contributed by atoms with Crippen LogP contribution in [0.1, 0.15) is 26.2 Å². The van der Waals surface area contributed by atoms with E-state index in [9.17, 15) is 9.59 Å². The number of rotatable bonds is 9. The number of anilines is 1. The fourth-order valence-corrected chi connectivity index (χ4v) is 2.83. The second-order valence-corrected chi connectivity index (χ2v) is 6.73. The summed E-state index contributed by atoms with van der Waals surface area (Å²) in [6, 6.07) is 8.58. The Morgan fingerprint density at radius 3 is 2.90 bits per heavy atom. The molecule has 0 aliphatic heterocycles. The molecule has 3 aromatic rings. The van der Waals surface area contributed by atoms with Gasteiger partial charge in [0.2, 0.25) is 17.1 Å². The van der Waals surface area contributed by atoms with Gasteiger partial charge in [0, 0.05) is 24.4 Å². The number of halogens is 1. The number of aromatic nitrogens is 3. The van der Waals surface area contributed by atoms with E-state index in [1.165, 1.54) is 6.08 Å². The van der Waals surface area contributed by atoms with Crippen LogP contribution in [0.25, 0.3) is 11.0 Å². The zero-order valence-corrected chi connectivity index (χ0v) is 17.2. The number of nitrogens with zero attached hydrogens (tertiary/aromatic N) is 3. The second-order valence-electron chi connectivity index (χ2n) is 6.39. The Hall–Kier alpha value is -3.39. The molecule has 0 atom stereocenters. The predicted octanol–water partition coefficient (Wildman–Crippen LogP) is 4.69. The summed E-state index contributed by atoms with van der Waals surface area (Å²) in [6.45, 7) is 5.45. The molecular weight excluding hydrogens is 408 g/mol. The van der Waals surface area contributed by atoms with E-state index in [4.69, 9.17) is 21.1 Å². The number of hydrogen-bond donors (Lipinski definition) is 1. The standard InChI is InChI=1S/C21H21ClN4O4/c1-3-5-9-18(28)29-13-26-11-10-16-19(26)24-21(22)25-20(16)30-15-8-6-7-14(12-15)23-17(27)4-2/h4,6-8,10-12H,2-3,5,9,13H2,1H3,(H,23,27). The van der Waals surface area contributed by atoms with E-state index in [1.54, 1.807) is 41.1 Å². The van der Waals surface area contributed by atoms with E-state index in [0.29, 0.717) is 28.9 Å². The Morgan fingerprint density at radius 2 is 2.13 bits per heavy atom. The van der Waals surface area contributed by atoms with Crippen molar-refractivity contribution in [1.29, 1.82) is 0 Å². The first kappa shape index (κ1) is 21.3. The van der Waals surface area contributed by atoms with Crippen LogP contribution in [0.2, 0.25) is 5.28 Å². The number of unbranched alkanes of at least 4 members (excludes halogenated alkanes) is 1.